The second-order valence-electron chi connectivity index (χ2n) is 10.6. The van der Waals surface area contributed by atoms with Crippen LogP contribution >= 0.6 is 0 Å². The Morgan fingerprint density at radius 2 is 1.92 bits per heavy atom. The normalized spacial score (nSPS) is 16.9. The van der Waals surface area contributed by atoms with Gasteiger partial charge < -0.3 is 19.1 Å². The number of carboxylic acid groups (broad SMARTS) is 1. The Labute approximate surface area is 211 Å². The molecule has 3 aromatic rings. The minimum absolute atomic E-state index is 0.222. The molecule has 8 heteroatoms. The first-order valence-corrected chi connectivity index (χ1v) is 12.3. The average Bonchev–Trinajstić information content (AvgIpc) is 3.29. The number of methoxy groups -OCH3 is 1. The minimum atomic E-state index is -1.22. The zero-order chi connectivity index (χ0) is 26.3. The third-order valence-corrected chi connectivity index (χ3v) is 7.46. The number of fused-ring (bicyclic) bond motifs is 3. The van der Waals surface area contributed by atoms with E-state index in [1.165, 1.54) is 12.3 Å². The second kappa shape index (κ2) is 9.58. The lowest BCUT2D eigenvalue weighted by atomic mass is 9.68. The van der Waals surface area contributed by atoms with E-state index >= 15 is 0 Å². The second-order valence-corrected chi connectivity index (χ2v) is 10.6. The number of carboxylic acids is 1. The van der Waals surface area contributed by atoms with Gasteiger partial charge in [0, 0.05) is 61.8 Å². The minimum Gasteiger partial charge on any atom is -0.493 e. The molecule has 0 fully saturated rings. The quantitative estimate of drug-likeness (QED) is 0.452. The first-order valence-electron chi connectivity index (χ1n) is 12.3. The van der Waals surface area contributed by atoms with Crippen LogP contribution in [0, 0.1) is 5.41 Å². The van der Waals surface area contributed by atoms with Gasteiger partial charge in [-0.05, 0) is 43.4 Å². The number of pyridine rings is 1. The summed E-state index contributed by atoms with van der Waals surface area (Å²) in [5, 5.41) is 14.1. The summed E-state index contributed by atoms with van der Waals surface area (Å²) in [4.78, 5) is 24.7. The van der Waals surface area contributed by atoms with E-state index in [9.17, 15) is 14.7 Å². The van der Waals surface area contributed by atoms with Crippen molar-refractivity contribution >= 4 is 5.97 Å². The zero-order valence-electron chi connectivity index (χ0n) is 21.9. The van der Waals surface area contributed by atoms with Crippen LogP contribution in [0.15, 0.2) is 41.6 Å². The van der Waals surface area contributed by atoms with E-state index in [1.807, 2.05) is 34.6 Å². The highest BCUT2D eigenvalue weighted by molar-refractivity contribution is 5.88. The SMILES string of the molecule is CCn1cc(-c2cc3c(cc2OCCCOC)C[C@](C)(C(C)(C)C)n2cc(C(=O)O)c(=O)cc2-3)cn1. The molecule has 3 heterocycles. The molecule has 0 saturated heterocycles. The molecule has 1 N–H and O–H groups in total. The van der Waals surface area contributed by atoms with Gasteiger partial charge in [-0.25, -0.2) is 4.79 Å². The molecule has 1 aliphatic heterocycles. The van der Waals surface area contributed by atoms with Gasteiger partial charge >= 0.3 is 5.97 Å². The molecule has 192 valence electrons. The van der Waals surface area contributed by atoms with Crippen molar-refractivity contribution < 1.29 is 19.4 Å². The first-order chi connectivity index (χ1) is 17.0. The fourth-order valence-corrected chi connectivity index (χ4v) is 4.81. The van der Waals surface area contributed by atoms with Gasteiger partial charge in [0.05, 0.1) is 24.0 Å². The van der Waals surface area contributed by atoms with Crippen LogP contribution in [0.1, 0.15) is 57.0 Å². The highest BCUT2D eigenvalue weighted by Gasteiger charge is 2.44. The van der Waals surface area contributed by atoms with Gasteiger partial charge in [0.1, 0.15) is 11.3 Å². The lowest BCUT2D eigenvalue weighted by molar-refractivity contribution is 0.0689. The number of ether oxygens (including phenoxy) is 2. The topological polar surface area (TPSA) is 95.6 Å². The number of hydrogen-bond donors (Lipinski definition) is 1. The van der Waals surface area contributed by atoms with Crippen molar-refractivity contribution in [3.63, 3.8) is 0 Å². The molecule has 0 radical (unpaired) electrons. The Bertz CT molecular complexity index is 1350. The number of nitrogens with zero attached hydrogens (tertiary/aromatic N) is 3. The molecular formula is C28H35N3O5. The van der Waals surface area contributed by atoms with Crippen molar-refractivity contribution in [2.45, 2.75) is 59.5 Å². The molecule has 0 unspecified atom stereocenters. The molecule has 0 bridgehead atoms. The van der Waals surface area contributed by atoms with Crippen molar-refractivity contribution in [1.82, 2.24) is 14.3 Å². The van der Waals surface area contributed by atoms with Crippen molar-refractivity contribution in [3.05, 3.63) is 58.1 Å². The Kier molecular flexibility index (Phi) is 6.84. The van der Waals surface area contributed by atoms with Crippen molar-refractivity contribution in [2.24, 2.45) is 5.41 Å². The molecule has 1 aromatic carbocycles. The number of rotatable bonds is 8. The van der Waals surface area contributed by atoms with Gasteiger partial charge in [-0.15, -0.1) is 0 Å². The molecule has 0 aliphatic carbocycles. The van der Waals surface area contributed by atoms with E-state index in [0.29, 0.717) is 25.3 Å². The molecule has 0 spiro atoms. The number of aromatic carboxylic acids is 1. The van der Waals surface area contributed by atoms with Crippen LogP contribution in [0.5, 0.6) is 5.75 Å². The van der Waals surface area contributed by atoms with Crippen molar-refractivity contribution in [2.75, 3.05) is 20.3 Å². The predicted molar refractivity (Wildman–Crippen MR) is 139 cm³/mol. The van der Waals surface area contributed by atoms with Gasteiger partial charge in [-0.2, -0.15) is 5.10 Å². The zero-order valence-corrected chi connectivity index (χ0v) is 21.9. The van der Waals surface area contributed by atoms with E-state index in [0.717, 1.165) is 41.0 Å². The third kappa shape index (κ3) is 4.46. The van der Waals surface area contributed by atoms with Crippen LogP contribution in [0.2, 0.25) is 0 Å². The first kappa shape index (κ1) is 25.7. The number of aromatic nitrogens is 3. The van der Waals surface area contributed by atoms with Gasteiger partial charge in [0.15, 0.2) is 5.43 Å². The van der Waals surface area contributed by atoms with Crippen LogP contribution < -0.4 is 10.2 Å². The van der Waals surface area contributed by atoms with E-state index < -0.39 is 16.9 Å². The van der Waals surface area contributed by atoms with Crippen LogP contribution in [0.25, 0.3) is 22.4 Å². The number of carbonyl (C=O) groups is 1. The fraction of sp³-hybridized carbons (Fsp3) is 0.464. The van der Waals surface area contributed by atoms with E-state index in [1.54, 1.807) is 7.11 Å². The Morgan fingerprint density at radius 3 is 2.53 bits per heavy atom. The monoisotopic (exact) mass is 493 g/mol. The van der Waals surface area contributed by atoms with Gasteiger partial charge in [0.2, 0.25) is 0 Å². The summed E-state index contributed by atoms with van der Waals surface area (Å²) in [5.74, 6) is -0.459. The summed E-state index contributed by atoms with van der Waals surface area (Å²) in [6.07, 6.45) is 6.72. The highest BCUT2D eigenvalue weighted by atomic mass is 16.5. The molecular weight excluding hydrogens is 458 g/mol. The summed E-state index contributed by atoms with van der Waals surface area (Å²) in [7, 11) is 1.67. The number of aryl methyl sites for hydroxylation is 1. The van der Waals surface area contributed by atoms with Gasteiger partial charge in [0.25, 0.3) is 0 Å². The smallest absolute Gasteiger partial charge is 0.341 e. The molecule has 36 heavy (non-hydrogen) atoms. The summed E-state index contributed by atoms with van der Waals surface area (Å²) in [6, 6.07) is 5.58. The summed E-state index contributed by atoms with van der Waals surface area (Å²) < 4.78 is 15.3. The summed E-state index contributed by atoms with van der Waals surface area (Å²) in [6.45, 7) is 12.4. The lowest BCUT2D eigenvalue weighted by Crippen LogP contribution is -2.48. The fourth-order valence-electron chi connectivity index (χ4n) is 4.81. The van der Waals surface area contributed by atoms with Crippen molar-refractivity contribution in [3.8, 4) is 28.1 Å². The Hall–Kier alpha value is -3.39. The maximum atomic E-state index is 12.8. The van der Waals surface area contributed by atoms with Crippen LogP contribution in [-0.2, 0) is 23.2 Å². The van der Waals surface area contributed by atoms with Crippen LogP contribution in [0.4, 0.5) is 0 Å². The maximum absolute atomic E-state index is 12.8. The van der Waals surface area contributed by atoms with E-state index in [4.69, 9.17) is 9.47 Å². The van der Waals surface area contributed by atoms with E-state index in [2.05, 4.69) is 38.9 Å². The largest absolute Gasteiger partial charge is 0.493 e. The van der Waals surface area contributed by atoms with Gasteiger partial charge in [-0.1, -0.05) is 20.8 Å². The summed E-state index contributed by atoms with van der Waals surface area (Å²) in [5.41, 5.74) is 3.03. The molecule has 0 saturated carbocycles. The van der Waals surface area contributed by atoms with Crippen LogP contribution in [-0.4, -0.2) is 45.7 Å². The average molecular weight is 494 g/mol. The standard InChI is InChI=1S/C28H35N3O5/c1-7-30-16-19(15-29-30)21-12-20-18(11-25(21)36-10-8-9-35-6)14-28(5,27(2,3)4)31-17-22(26(33)34)24(32)13-23(20)31/h11-13,15-17H,7-10,14H2,1-6H3,(H,33,34)/t28-/m1/s1. The Morgan fingerprint density at radius 1 is 1.17 bits per heavy atom. The molecule has 4 rings (SSSR count). The van der Waals surface area contributed by atoms with Crippen molar-refractivity contribution in [1.29, 1.82) is 0 Å². The number of hydrogen-bond acceptors (Lipinski definition) is 5. The van der Waals surface area contributed by atoms with Crippen LogP contribution in [0.3, 0.4) is 0 Å². The molecule has 1 aliphatic rings. The molecule has 2 aromatic heterocycles. The molecule has 1 atom stereocenters. The molecule has 8 nitrogen and oxygen atoms in total. The van der Waals surface area contributed by atoms with E-state index in [-0.39, 0.29) is 11.0 Å². The predicted octanol–water partition coefficient (Wildman–Crippen LogP) is 4.83. The summed E-state index contributed by atoms with van der Waals surface area (Å²) >= 11 is 0. The maximum Gasteiger partial charge on any atom is 0.341 e. The third-order valence-electron chi connectivity index (χ3n) is 7.46. The number of benzene rings is 1. The highest BCUT2D eigenvalue weighted by Crippen LogP contribution is 2.49. The Balaban J connectivity index is 1.96. The lowest BCUT2D eigenvalue weighted by Gasteiger charge is -2.48. The molecule has 0 amide bonds. The van der Waals surface area contributed by atoms with Gasteiger partial charge in [-0.3, -0.25) is 9.48 Å².